The number of hydrogen-bond acceptors (Lipinski definition) is 4. The maximum absolute atomic E-state index is 12.6. The van der Waals surface area contributed by atoms with E-state index in [0.717, 1.165) is 6.42 Å². The first-order chi connectivity index (χ1) is 11.6. The number of nitrogens with one attached hydrogen (secondary N) is 1. The summed E-state index contributed by atoms with van der Waals surface area (Å²) in [5, 5.41) is 4.68. The Morgan fingerprint density at radius 1 is 1.21 bits per heavy atom. The number of ketones is 1. The molecule has 5 nitrogen and oxygen atoms in total. The van der Waals surface area contributed by atoms with E-state index in [1.807, 2.05) is 11.4 Å². The molecule has 1 aromatic carbocycles. The summed E-state index contributed by atoms with van der Waals surface area (Å²) in [7, 11) is 0. The van der Waals surface area contributed by atoms with E-state index >= 15 is 0 Å². The van der Waals surface area contributed by atoms with Crippen molar-refractivity contribution in [2.24, 2.45) is 0 Å². The lowest BCUT2D eigenvalue weighted by Gasteiger charge is -2.23. The molecule has 0 unspecified atom stereocenters. The van der Waals surface area contributed by atoms with Crippen LogP contribution in [0.2, 0.25) is 0 Å². The Morgan fingerprint density at radius 2 is 2.04 bits per heavy atom. The smallest absolute Gasteiger partial charge is 0.264 e. The summed E-state index contributed by atoms with van der Waals surface area (Å²) < 4.78 is 0. The van der Waals surface area contributed by atoms with Crippen LogP contribution in [0.4, 0.5) is 5.69 Å². The molecular formula is C18H18N2O3S. The average Bonchev–Trinajstić information content (AvgIpc) is 3.26. The van der Waals surface area contributed by atoms with E-state index in [1.165, 1.54) is 18.3 Å². The Morgan fingerprint density at radius 3 is 2.75 bits per heavy atom. The van der Waals surface area contributed by atoms with Crippen molar-refractivity contribution in [3.05, 3.63) is 52.2 Å². The summed E-state index contributed by atoms with van der Waals surface area (Å²) in [6.07, 6.45) is 1.46. The van der Waals surface area contributed by atoms with Crippen molar-refractivity contribution in [1.82, 2.24) is 4.90 Å². The summed E-state index contributed by atoms with van der Waals surface area (Å²) in [5.74, 6) is -0.361. The molecule has 2 heterocycles. The van der Waals surface area contributed by atoms with Crippen molar-refractivity contribution in [3.8, 4) is 0 Å². The van der Waals surface area contributed by atoms with Gasteiger partial charge in [0.2, 0.25) is 5.91 Å². The number of amides is 2. The number of Topliss-reactive ketones (excluding diaryl/α,β-unsaturated/α-hetero) is 1. The number of carbonyl (C=O) groups is 3. The first-order valence-electron chi connectivity index (χ1n) is 7.82. The van der Waals surface area contributed by atoms with Crippen LogP contribution in [0.3, 0.4) is 0 Å². The van der Waals surface area contributed by atoms with Gasteiger partial charge in [0.05, 0.1) is 4.88 Å². The van der Waals surface area contributed by atoms with Crippen LogP contribution in [-0.2, 0) is 4.79 Å². The van der Waals surface area contributed by atoms with Crippen LogP contribution in [0.5, 0.6) is 0 Å². The molecule has 1 fully saturated rings. The molecule has 124 valence electrons. The fourth-order valence-corrected chi connectivity index (χ4v) is 3.54. The number of benzene rings is 1. The summed E-state index contributed by atoms with van der Waals surface area (Å²) in [5.41, 5.74) is 1.12. The number of hydrogen-bond donors (Lipinski definition) is 1. The molecular weight excluding hydrogens is 324 g/mol. The third-order valence-electron chi connectivity index (χ3n) is 4.08. The van der Waals surface area contributed by atoms with Gasteiger partial charge in [-0.3, -0.25) is 14.4 Å². The Kier molecular flexibility index (Phi) is 4.76. The lowest BCUT2D eigenvalue weighted by atomic mass is 10.1. The van der Waals surface area contributed by atoms with Gasteiger partial charge in [0, 0.05) is 17.8 Å². The number of anilines is 1. The molecule has 1 saturated heterocycles. The van der Waals surface area contributed by atoms with E-state index < -0.39 is 6.04 Å². The number of nitrogens with zero attached hydrogens (tertiary/aromatic N) is 1. The van der Waals surface area contributed by atoms with E-state index in [2.05, 4.69) is 5.32 Å². The quantitative estimate of drug-likeness (QED) is 0.868. The van der Waals surface area contributed by atoms with Gasteiger partial charge in [0.25, 0.3) is 5.91 Å². The zero-order chi connectivity index (χ0) is 17.1. The molecule has 3 rings (SSSR count). The highest BCUT2D eigenvalue weighted by molar-refractivity contribution is 7.12. The van der Waals surface area contributed by atoms with Crippen molar-refractivity contribution in [2.45, 2.75) is 25.8 Å². The molecule has 2 amide bonds. The number of likely N-dealkylation sites (tertiary alicyclic amines) is 1. The molecule has 0 radical (unpaired) electrons. The standard InChI is InChI=1S/C18H18N2O3S/c1-12(21)13-5-2-6-14(11-13)19-17(22)15-7-3-9-20(15)18(23)16-8-4-10-24-16/h2,4-6,8,10-11,15H,3,7,9H2,1H3,(H,19,22)/t15-/m0/s1. The predicted octanol–water partition coefficient (Wildman–Crippen LogP) is 3.19. The Labute approximate surface area is 144 Å². The topological polar surface area (TPSA) is 66.5 Å². The van der Waals surface area contributed by atoms with Gasteiger partial charge in [0.1, 0.15) is 6.04 Å². The van der Waals surface area contributed by atoms with Crippen LogP contribution in [0, 0.1) is 0 Å². The molecule has 1 aliphatic heterocycles. The number of thiophene rings is 1. The third kappa shape index (κ3) is 3.38. The molecule has 0 aliphatic carbocycles. The summed E-state index contributed by atoms with van der Waals surface area (Å²) in [4.78, 5) is 38.9. The fourth-order valence-electron chi connectivity index (χ4n) is 2.87. The monoisotopic (exact) mass is 342 g/mol. The second-order valence-corrected chi connectivity index (χ2v) is 6.71. The Bertz CT molecular complexity index is 770. The van der Waals surface area contributed by atoms with Gasteiger partial charge in [-0.15, -0.1) is 11.3 Å². The normalized spacial score (nSPS) is 16.9. The molecule has 0 spiro atoms. The minimum absolute atomic E-state index is 0.0542. The van der Waals surface area contributed by atoms with Crippen molar-refractivity contribution < 1.29 is 14.4 Å². The summed E-state index contributed by atoms with van der Waals surface area (Å²) >= 11 is 1.38. The van der Waals surface area contributed by atoms with Gasteiger partial charge in [0.15, 0.2) is 5.78 Å². The van der Waals surface area contributed by atoms with E-state index in [4.69, 9.17) is 0 Å². The molecule has 2 aromatic rings. The Balaban J connectivity index is 1.73. The Hall–Kier alpha value is -2.47. The maximum atomic E-state index is 12.6. The van der Waals surface area contributed by atoms with E-state index in [-0.39, 0.29) is 17.6 Å². The van der Waals surface area contributed by atoms with Crippen molar-refractivity contribution >= 4 is 34.6 Å². The zero-order valence-corrected chi connectivity index (χ0v) is 14.1. The first kappa shape index (κ1) is 16.4. The highest BCUT2D eigenvalue weighted by Gasteiger charge is 2.34. The molecule has 1 aromatic heterocycles. The van der Waals surface area contributed by atoms with Crippen LogP contribution < -0.4 is 5.32 Å². The van der Waals surface area contributed by atoms with Crippen LogP contribution in [0.15, 0.2) is 41.8 Å². The molecule has 24 heavy (non-hydrogen) atoms. The first-order valence-corrected chi connectivity index (χ1v) is 8.70. The summed E-state index contributed by atoms with van der Waals surface area (Å²) in [6, 6.07) is 9.97. The molecule has 1 atom stereocenters. The van der Waals surface area contributed by atoms with Crippen LogP contribution in [0.1, 0.15) is 39.8 Å². The molecule has 6 heteroatoms. The van der Waals surface area contributed by atoms with Gasteiger partial charge in [-0.05, 0) is 43.3 Å². The van der Waals surface area contributed by atoms with Gasteiger partial charge in [-0.1, -0.05) is 18.2 Å². The second-order valence-electron chi connectivity index (χ2n) is 5.76. The molecule has 1 aliphatic rings. The van der Waals surface area contributed by atoms with Crippen LogP contribution >= 0.6 is 11.3 Å². The predicted molar refractivity (Wildman–Crippen MR) is 93.5 cm³/mol. The van der Waals surface area contributed by atoms with Crippen molar-refractivity contribution in [2.75, 3.05) is 11.9 Å². The van der Waals surface area contributed by atoms with E-state index in [0.29, 0.717) is 29.1 Å². The molecule has 0 saturated carbocycles. The minimum Gasteiger partial charge on any atom is -0.326 e. The number of carbonyl (C=O) groups excluding carboxylic acids is 3. The van der Waals surface area contributed by atoms with Crippen molar-refractivity contribution in [3.63, 3.8) is 0 Å². The zero-order valence-electron chi connectivity index (χ0n) is 13.3. The highest BCUT2D eigenvalue weighted by atomic mass is 32.1. The van der Waals surface area contributed by atoms with Gasteiger partial charge in [-0.25, -0.2) is 0 Å². The highest BCUT2D eigenvalue weighted by Crippen LogP contribution is 2.23. The third-order valence-corrected chi connectivity index (χ3v) is 4.94. The molecule has 1 N–H and O–H groups in total. The van der Waals surface area contributed by atoms with Crippen LogP contribution in [-0.4, -0.2) is 35.1 Å². The fraction of sp³-hybridized carbons (Fsp3) is 0.278. The number of rotatable bonds is 4. The van der Waals surface area contributed by atoms with E-state index in [9.17, 15) is 14.4 Å². The van der Waals surface area contributed by atoms with Gasteiger partial charge in [-0.2, -0.15) is 0 Å². The van der Waals surface area contributed by atoms with Crippen molar-refractivity contribution in [1.29, 1.82) is 0 Å². The van der Waals surface area contributed by atoms with Gasteiger partial charge < -0.3 is 10.2 Å². The van der Waals surface area contributed by atoms with Gasteiger partial charge >= 0.3 is 0 Å². The molecule has 0 bridgehead atoms. The average molecular weight is 342 g/mol. The largest absolute Gasteiger partial charge is 0.326 e. The van der Waals surface area contributed by atoms with E-state index in [1.54, 1.807) is 35.2 Å². The SMILES string of the molecule is CC(=O)c1cccc(NC(=O)[C@@H]2CCCN2C(=O)c2cccs2)c1. The summed E-state index contributed by atoms with van der Waals surface area (Å²) in [6.45, 7) is 2.07. The lowest BCUT2D eigenvalue weighted by molar-refractivity contribution is -0.119. The minimum atomic E-state index is -0.472. The maximum Gasteiger partial charge on any atom is 0.264 e. The second kappa shape index (κ2) is 6.97. The lowest BCUT2D eigenvalue weighted by Crippen LogP contribution is -2.42. The van der Waals surface area contributed by atoms with Crippen LogP contribution in [0.25, 0.3) is 0 Å².